The molecule has 42 heavy (non-hydrogen) atoms. The van der Waals surface area contributed by atoms with Crippen molar-refractivity contribution in [3.05, 3.63) is 163 Å². The van der Waals surface area contributed by atoms with E-state index in [-0.39, 0.29) is 0 Å². The van der Waals surface area contributed by atoms with Gasteiger partial charge in [0.2, 0.25) is 0 Å². The molecule has 7 aromatic rings. The first-order chi connectivity index (χ1) is 20.9. The van der Waals surface area contributed by atoms with Crippen LogP contribution in [0.5, 0.6) is 0 Å². The Balaban J connectivity index is 1.39. The second kappa shape index (κ2) is 10.3. The van der Waals surface area contributed by atoms with E-state index in [4.69, 9.17) is 0 Å². The predicted molar refractivity (Wildman–Crippen MR) is 181 cm³/mol. The second-order valence-corrected chi connectivity index (χ2v) is 11.1. The molecule has 0 spiro atoms. The van der Waals surface area contributed by atoms with Crippen molar-refractivity contribution in [3.8, 4) is 44.5 Å². The maximum absolute atomic E-state index is 2.36. The van der Waals surface area contributed by atoms with Gasteiger partial charge in [0.1, 0.15) is 0 Å². The quantitative estimate of drug-likeness (QED) is 0.197. The van der Waals surface area contributed by atoms with Gasteiger partial charge in [-0.15, -0.1) is 0 Å². The van der Waals surface area contributed by atoms with Gasteiger partial charge in [0.25, 0.3) is 0 Å². The molecule has 0 nitrogen and oxygen atoms in total. The molecule has 1 aliphatic rings. The third-order valence-corrected chi connectivity index (χ3v) is 8.77. The van der Waals surface area contributed by atoms with Gasteiger partial charge in [-0.05, 0) is 90.0 Å². The highest BCUT2D eigenvalue weighted by molar-refractivity contribution is 6.22. The highest BCUT2D eigenvalue weighted by atomic mass is 14.2. The van der Waals surface area contributed by atoms with Crippen molar-refractivity contribution in [2.45, 2.75) is 12.8 Å². The van der Waals surface area contributed by atoms with Gasteiger partial charge in [-0.1, -0.05) is 158 Å². The SMILES string of the molecule is C1=Cc2c(-c3c4ccccc4c(-c4ccc(-c5ccccc5)cc4)c4ccccc34)ccc(-c3ccccc3)c2CC1. The molecule has 0 fully saturated rings. The van der Waals surface area contributed by atoms with E-state index in [1.165, 1.54) is 77.2 Å². The van der Waals surface area contributed by atoms with Crippen LogP contribution in [0.2, 0.25) is 0 Å². The largest absolute Gasteiger partial charge is 0.0836 e. The highest BCUT2D eigenvalue weighted by Gasteiger charge is 2.21. The zero-order chi connectivity index (χ0) is 27.9. The van der Waals surface area contributed by atoms with Crippen LogP contribution in [0.15, 0.2) is 152 Å². The molecule has 0 atom stereocenters. The highest BCUT2D eigenvalue weighted by Crippen LogP contribution is 2.46. The summed E-state index contributed by atoms with van der Waals surface area (Å²) in [4.78, 5) is 0. The molecule has 7 aromatic carbocycles. The molecular formula is C42H30. The fraction of sp³-hybridized carbons (Fsp3) is 0.0476. The minimum Gasteiger partial charge on any atom is -0.0836 e. The van der Waals surface area contributed by atoms with E-state index < -0.39 is 0 Å². The fourth-order valence-electron chi connectivity index (χ4n) is 6.85. The Morgan fingerprint density at radius 1 is 0.357 bits per heavy atom. The first-order valence-electron chi connectivity index (χ1n) is 14.8. The van der Waals surface area contributed by atoms with Crippen LogP contribution in [0.3, 0.4) is 0 Å². The van der Waals surface area contributed by atoms with Crippen molar-refractivity contribution in [2.24, 2.45) is 0 Å². The van der Waals surface area contributed by atoms with Gasteiger partial charge >= 0.3 is 0 Å². The Kier molecular flexibility index (Phi) is 6.04. The molecule has 0 saturated carbocycles. The molecule has 0 radical (unpaired) electrons. The van der Waals surface area contributed by atoms with Crippen LogP contribution in [0.1, 0.15) is 17.5 Å². The van der Waals surface area contributed by atoms with Crippen molar-refractivity contribution in [1.82, 2.24) is 0 Å². The van der Waals surface area contributed by atoms with Crippen molar-refractivity contribution in [1.29, 1.82) is 0 Å². The van der Waals surface area contributed by atoms with E-state index in [2.05, 4.69) is 158 Å². The van der Waals surface area contributed by atoms with Gasteiger partial charge in [0.15, 0.2) is 0 Å². The molecule has 0 N–H and O–H groups in total. The lowest BCUT2D eigenvalue weighted by atomic mass is 9.80. The van der Waals surface area contributed by atoms with Gasteiger partial charge in [-0.25, -0.2) is 0 Å². The lowest BCUT2D eigenvalue weighted by molar-refractivity contribution is 0.989. The monoisotopic (exact) mass is 534 g/mol. The summed E-state index contributed by atoms with van der Waals surface area (Å²) in [6.45, 7) is 0. The summed E-state index contributed by atoms with van der Waals surface area (Å²) in [7, 11) is 0. The van der Waals surface area contributed by atoms with Crippen LogP contribution in [0, 0.1) is 0 Å². The molecule has 0 heterocycles. The maximum Gasteiger partial charge on any atom is -0.00202 e. The Bertz CT molecular complexity index is 2040. The maximum atomic E-state index is 2.36. The minimum absolute atomic E-state index is 1.06. The molecule has 8 rings (SSSR count). The Morgan fingerprint density at radius 3 is 1.45 bits per heavy atom. The zero-order valence-corrected chi connectivity index (χ0v) is 23.4. The van der Waals surface area contributed by atoms with Gasteiger partial charge < -0.3 is 0 Å². The summed E-state index contributed by atoms with van der Waals surface area (Å²) in [6.07, 6.45) is 6.84. The standard InChI is InChI=1S/C42H30/c1-3-13-29(14-4-1)30-23-25-32(26-24-30)41-36-19-9-11-21-38(36)42(39-22-12-10-20-37(39)41)40-28-27-33(31-15-5-2-6-16-31)34-17-7-8-18-35(34)40/h1-6,8-16,18-28H,7,17H2. The first-order valence-corrected chi connectivity index (χ1v) is 14.8. The number of allylic oxidation sites excluding steroid dienone is 1. The lowest BCUT2D eigenvalue weighted by Crippen LogP contribution is -2.01. The van der Waals surface area contributed by atoms with Gasteiger partial charge in [0.05, 0.1) is 0 Å². The normalized spacial score (nSPS) is 12.5. The van der Waals surface area contributed by atoms with Gasteiger partial charge in [0, 0.05) is 0 Å². The van der Waals surface area contributed by atoms with E-state index in [1.54, 1.807) is 0 Å². The molecule has 0 saturated heterocycles. The number of hydrogen-bond donors (Lipinski definition) is 0. The van der Waals surface area contributed by atoms with E-state index >= 15 is 0 Å². The fourth-order valence-corrected chi connectivity index (χ4v) is 6.85. The number of hydrogen-bond acceptors (Lipinski definition) is 0. The van der Waals surface area contributed by atoms with E-state index in [9.17, 15) is 0 Å². The molecular weight excluding hydrogens is 504 g/mol. The number of fused-ring (bicyclic) bond motifs is 3. The average molecular weight is 535 g/mol. The van der Waals surface area contributed by atoms with E-state index in [0.29, 0.717) is 0 Å². The predicted octanol–water partition coefficient (Wildman–Crippen LogP) is 11.6. The Morgan fingerprint density at radius 2 is 0.833 bits per heavy atom. The first kappa shape index (κ1) is 24.6. The van der Waals surface area contributed by atoms with Crippen molar-refractivity contribution in [3.63, 3.8) is 0 Å². The number of rotatable bonds is 4. The van der Waals surface area contributed by atoms with Crippen LogP contribution in [-0.4, -0.2) is 0 Å². The van der Waals surface area contributed by atoms with E-state index in [0.717, 1.165) is 12.8 Å². The van der Waals surface area contributed by atoms with Crippen LogP contribution in [-0.2, 0) is 6.42 Å². The topological polar surface area (TPSA) is 0 Å². The summed E-state index contributed by atoms with van der Waals surface area (Å²) in [5.41, 5.74) is 13.1. The van der Waals surface area contributed by atoms with Gasteiger partial charge in [-0.3, -0.25) is 0 Å². The van der Waals surface area contributed by atoms with Crippen molar-refractivity contribution >= 4 is 27.6 Å². The molecule has 0 unspecified atom stereocenters. The summed E-state index contributed by atoms with van der Waals surface area (Å²) >= 11 is 0. The summed E-state index contributed by atoms with van der Waals surface area (Å²) in [6, 6.07) is 53.2. The molecule has 198 valence electrons. The molecule has 0 aromatic heterocycles. The second-order valence-electron chi connectivity index (χ2n) is 11.1. The van der Waals surface area contributed by atoms with Crippen LogP contribution in [0.4, 0.5) is 0 Å². The van der Waals surface area contributed by atoms with Crippen LogP contribution < -0.4 is 0 Å². The molecule has 0 amide bonds. The van der Waals surface area contributed by atoms with Crippen molar-refractivity contribution < 1.29 is 0 Å². The van der Waals surface area contributed by atoms with E-state index in [1.807, 2.05) is 0 Å². The molecule has 0 heteroatoms. The van der Waals surface area contributed by atoms with Crippen LogP contribution in [0.25, 0.3) is 72.1 Å². The minimum atomic E-state index is 1.06. The molecule has 0 aliphatic heterocycles. The Labute approximate surface area is 247 Å². The smallest absolute Gasteiger partial charge is 0.00202 e. The third-order valence-electron chi connectivity index (χ3n) is 8.77. The number of benzene rings is 7. The zero-order valence-electron chi connectivity index (χ0n) is 23.4. The Hall–Kier alpha value is -5.20. The van der Waals surface area contributed by atoms with Crippen molar-refractivity contribution in [2.75, 3.05) is 0 Å². The third kappa shape index (κ3) is 4.07. The molecule has 1 aliphatic carbocycles. The van der Waals surface area contributed by atoms with Gasteiger partial charge in [-0.2, -0.15) is 0 Å². The van der Waals surface area contributed by atoms with Crippen LogP contribution >= 0.6 is 0 Å². The average Bonchev–Trinajstić information content (AvgIpc) is 3.08. The molecule has 0 bridgehead atoms. The summed E-state index contributed by atoms with van der Waals surface area (Å²) in [5.74, 6) is 0. The lowest BCUT2D eigenvalue weighted by Gasteiger charge is -2.23. The summed E-state index contributed by atoms with van der Waals surface area (Å²) in [5, 5.41) is 5.18. The summed E-state index contributed by atoms with van der Waals surface area (Å²) < 4.78 is 0.